The van der Waals surface area contributed by atoms with E-state index in [0.29, 0.717) is 44.2 Å². The highest BCUT2D eigenvalue weighted by atomic mass is 16.6. The second-order valence-corrected chi connectivity index (χ2v) is 10.2. The zero-order valence-electron chi connectivity index (χ0n) is 21.6. The maximum Gasteiger partial charge on any atom is 0.292 e. The fourth-order valence-corrected chi connectivity index (χ4v) is 4.32. The lowest BCUT2D eigenvalue weighted by molar-refractivity contribution is -0.384. The second-order valence-electron chi connectivity index (χ2n) is 10.2. The van der Waals surface area contributed by atoms with Gasteiger partial charge < -0.3 is 19.9 Å². The Balaban J connectivity index is 1.32. The topological polar surface area (TPSA) is 88.0 Å². The van der Waals surface area contributed by atoms with Crippen molar-refractivity contribution in [2.45, 2.75) is 32.7 Å². The monoisotopic (exact) mass is 502 g/mol. The van der Waals surface area contributed by atoms with Gasteiger partial charge in [0.1, 0.15) is 11.4 Å². The largest absolute Gasteiger partial charge is 0.484 e. The van der Waals surface area contributed by atoms with Crippen LogP contribution in [0.2, 0.25) is 0 Å². The van der Waals surface area contributed by atoms with Crippen molar-refractivity contribution < 1.29 is 14.5 Å². The quantitative estimate of drug-likeness (QED) is 0.335. The lowest BCUT2D eigenvalue weighted by atomic mass is 9.87. The van der Waals surface area contributed by atoms with Crippen LogP contribution in [0.5, 0.6) is 5.75 Å². The molecule has 1 aliphatic rings. The van der Waals surface area contributed by atoms with Crippen molar-refractivity contribution in [1.29, 1.82) is 0 Å². The molecule has 0 atom stereocenters. The molecule has 0 aromatic heterocycles. The molecule has 8 heteroatoms. The molecule has 0 radical (unpaired) electrons. The smallest absolute Gasteiger partial charge is 0.292 e. The fraction of sp³-hybridized carbons (Fsp3) is 0.345. The van der Waals surface area contributed by atoms with Gasteiger partial charge in [-0.3, -0.25) is 14.9 Å². The van der Waals surface area contributed by atoms with Crippen molar-refractivity contribution in [1.82, 2.24) is 4.90 Å². The van der Waals surface area contributed by atoms with E-state index in [4.69, 9.17) is 4.74 Å². The summed E-state index contributed by atoms with van der Waals surface area (Å²) in [5.74, 6) is 0.634. The summed E-state index contributed by atoms with van der Waals surface area (Å²) in [5.41, 5.74) is 3.74. The summed E-state index contributed by atoms with van der Waals surface area (Å²) in [6.07, 6.45) is 0. The standard InChI is InChI=1S/C29H34N4O4/c1-29(2,3)23-9-12-25(13-10-23)37-21-28(34)32-17-15-31(16-18-32)24-11-14-27(33(35)36)26(19-24)30-20-22-7-5-4-6-8-22/h4-14,19,30H,15-18,20-21H2,1-3H3. The number of amides is 1. The number of piperazine rings is 1. The van der Waals surface area contributed by atoms with Gasteiger partial charge in [0.25, 0.3) is 11.6 Å². The van der Waals surface area contributed by atoms with Gasteiger partial charge in [-0.2, -0.15) is 0 Å². The van der Waals surface area contributed by atoms with Gasteiger partial charge in [0.05, 0.1) is 4.92 Å². The zero-order chi connectivity index (χ0) is 26.4. The van der Waals surface area contributed by atoms with Gasteiger partial charge in [-0.15, -0.1) is 0 Å². The van der Waals surface area contributed by atoms with E-state index in [-0.39, 0.29) is 28.5 Å². The number of carbonyl (C=O) groups excluding carboxylic acids is 1. The van der Waals surface area contributed by atoms with Crippen LogP contribution >= 0.6 is 0 Å². The summed E-state index contributed by atoms with van der Waals surface area (Å²) in [6, 6.07) is 22.8. The highest BCUT2D eigenvalue weighted by molar-refractivity contribution is 5.78. The first-order chi connectivity index (χ1) is 17.7. The third-order valence-electron chi connectivity index (χ3n) is 6.58. The number of nitrogens with one attached hydrogen (secondary N) is 1. The molecule has 1 aliphatic heterocycles. The Labute approximate surface area is 218 Å². The number of nitrogens with zero attached hydrogens (tertiary/aromatic N) is 3. The Morgan fingerprint density at radius 3 is 2.27 bits per heavy atom. The number of ether oxygens (including phenoxy) is 1. The van der Waals surface area contributed by atoms with Crippen molar-refractivity contribution in [3.05, 3.63) is 94.0 Å². The van der Waals surface area contributed by atoms with Gasteiger partial charge in [0.15, 0.2) is 6.61 Å². The van der Waals surface area contributed by atoms with Crippen LogP contribution in [-0.2, 0) is 16.8 Å². The highest BCUT2D eigenvalue weighted by Crippen LogP contribution is 2.31. The van der Waals surface area contributed by atoms with Crippen molar-refractivity contribution in [3.8, 4) is 5.75 Å². The average molecular weight is 503 g/mol. The molecular weight excluding hydrogens is 468 g/mol. The molecule has 1 fully saturated rings. The Kier molecular flexibility index (Phi) is 7.96. The lowest BCUT2D eigenvalue weighted by Gasteiger charge is -2.36. The van der Waals surface area contributed by atoms with E-state index >= 15 is 0 Å². The lowest BCUT2D eigenvalue weighted by Crippen LogP contribution is -2.50. The molecule has 1 saturated heterocycles. The normalized spacial score (nSPS) is 13.8. The summed E-state index contributed by atoms with van der Waals surface area (Å²) < 4.78 is 5.74. The van der Waals surface area contributed by atoms with Gasteiger partial charge in [-0.25, -0.2) is 0 Å². The molecule has 0 spiro atoms. The molecule has 0 saturated carbocycles. The molecule has 194 valence electrons. The molecular formula is C29H34N4O4. The fourth-order valence-electron chi connectivity index (χ4n) is 4.32. The van der Waals surface area contributed by atoms with Gasteiger partial charge >= 0.3 is 0 Å². The van der Waals surface area contributed by atoms with Crippen LogP contribution in [0.4, 0.5) is 17.1 Å². The van der Waals surface area contributed by atoms with Crippen molar-refractivity contribution in [3.63, 3.8) is 0 Å². The zero-order valence-corrected chi connectivity index (χ0v) is 21.6. The van der Waals surface area contributed by atoms with E-state index in [1.165, 1.54) is 5.56 Å². The van der Waals surface area contributed by atoms with Crippen LogP contribution in [0.3, 0.4) is 0 Å². The minimum Gasteiger partial charge on any atom is -0.484 e. The molecule has 3 aromatic carbocycles. The minimum atomic E-state index is -0.371. The highest BCUT2D eigenvalue weighted by Gasteiger charge is 2.23. The summed E-state index contributed by atoms with van der Waals surface area (Å²) in [5, 5.41) is 14.8. The van der Waals surface area contributed by atoms with E-state index in [2.05, 4.69) is 31.0 Å². The molecule has 1 heterocycles. The van der Waals surface area contributed by atoms with Crippen LogP contribution in [0.15, 0.2) is 72.8 Å². The van der Waals surface area contributed by atoms with Crippen molar-refractivity contribution in [2.75, 3.05) is 43.0 Å². The van der Waals surface area contributed by atoms with Crippen LogP contribution in [0, 0.1) is 10.1 Å². The molecule has 1 N–H and O–H groups in total. The van der Waals surface area contributed by atoms with Crippen LogP contribution < -0.4 is 15.0 Å². The Hall–Kier alpha value is -4.07. The first kappa shape index (κ1) is 26.0. The number of hydrogen-bond donors (Lipinski definition) is 1. The summed E-state index contributed by atoms with van der Waals surface area (Å²) in [4.78, 5) is 27.9. The predicted octanol–water partition coefficient (Wildman–Crippen LogP) is 5.23. The molecule has 3 aromatic rings. The number of benzene rings is 3. The number of nitro groups is 1. The molecule has 0 unspecified atom stereocenters. The predicted molar refractivity (Wildman–Crippen MR) is 146 cm³/mol. The molecule has 1 amide bonds. The van der Waals surface area contributed by atoms with Gasteiger partial charge in [0.2, 0.25) is 0 Å². The van der Waals surface area contributed by atoms with Crippen LogP contribution in [0.25, 0.3) is 0 Å². The number of carbonyl (C=O) groups is 1. The third kappa shape index (κ3) is 6.78. The number of anilines is 2. The Bertz CT molecular complexity index is 1210. The molecule has 0 bridgehead atoms. The molecule has 37 heavy (non-hydrogen) atoms. The van der Waals surface area contributed by atoms with Gasteiger partial charge in [-0.1, -0.05) is 63.2 Å². The van der Waals surface area contributed by atoms with E-state index in [9.17, 15) is 14.9 Å². The first-order valence-electron chi connectivity index (χ1n) is 12.5. The number of nitro benzene ring substituents is 1. The molecule has 8 nitrogen and oxygen atoms in total. The van der Waals surface area contributed by atoms with E-state index < -0.39 is 0 Å². The summed E-state index contributed by atoms with van der Waals surface area (Å²) in [7, 11) is 0. The Morgan fingerprint density at radius 1 is 0.973 bits per heavy atom. The number of rotatable bonds is 8. The van der Waals surface area contributed by atoms with Crippen LogP contribution in [-0.4, -0.2) is 48.5 Å². The maximum absolute atomic E-state index is 12.7. The van der Waals surface area contributed by atoms with Gasteiger partial charge in [-0.05, 0) is 40.8 Å². The van der Waals surface area contributed by atoms with Crippen molar-refractivity contribution in [2.24, 2.45) is 0 Å². The van der Waals surface area contributed by atoms with Crippen molar-refractivity contribution >= 4 is 23.0 Å². The molecule has 4 rings (SSSR count). The maximum atomic E-state index is 12.7. The second kappa shape index (κ2) is 11.3. The Morgan fingerprint density at radius 2 is 1.65 bits per heavy atom. The minimum absolute atomic E-state index is 0.0000493. The first-order valence-corrected chi connectivity index (χ1v) is 12.5. The average Bonchev–Trinajstić information content (AvgIpc) is 2.90. The third-order valence-corrected chi connectivity index (χ3v) is 6.58. The van der Waals surface area contributed by atoms with Crippen LogP contribution in [0.1, 0.15) is 31.9 Å². The van der Waals surface area contributed by atoms with Gasteiger partial charge in [0, 0.05) is 44.5 Å². The van der Waals surface area contributed by atoms with E-state index in [1.807, 2.05) is 60.7 Å². The molecule has 0 aliphatic carbocycles. The summed E-state index contributed by atoms with van der Waals surface area (Å²) in [6.45, 7) is 9.38. The van der Waals surface area contributed by atoms with E-state index in [0.717, 1.165) is 11.3 Å². The summed E-state index contributed by atoms with van der Waals surface area (Å²) >= 11 is 0. The number of hydrogen-bond acceptors (Lipinski definition) is 6. The van der Waals surface area contributed by atoms with E-state index in [1.54, 1.807) is 17.0 Å². The SMILES string of the molecule is CC(C)(C)c1ccc(OCC(=O)N2CCN(c3ccc([N+](=O)[O-])c(NCc4ccccc4)c3)CC2)cc1.